The Kier molecular flexibility index (Phi) is 9.06. The lowest BCUT2D eigenvalue weighted by Crippen LogP contribution is -2.12. The van der Waals surface area contributed by atoms with Gasteiger partial charge in [-0.25, -0.2) is 12.8 Å². The van der Waals surface area contributed by atoms with Gasteiger partial charge in [0.2, 0.25) is 0 Å². The van der Waals surface area contributed by atoms with E-state index in [1.165, 1.54) is 6.07 Å². The highest BCUT2D eigenvalue weighted by Crippen LogP contribution is 2.49. The number of sulfone groups is 1. The molecule has 2 aliphatic rings. The fourth-order valence-electron chi connectivity index (χ4n) is 5.57. The quantitative estimate of drug-likeness (QED) is 0.196. The molecule has 7 nitrogen and oxygen atoms in total. The molecule has 1 fully saturated rings. The fourth-order valence-corrected chi connectivity index (χ4v) is 6.42. The molecule has 1 aliphatic heterocycles. The molecule has 0 saturated heterocycles. The van der Waals surface area contributed by atoms with Gasteiger partial charge in [0.1, 0.15) is 27.2 Å². The van der Waals surface area contributed by atoms with E-state index in [2.05, 4.69) is 11.4 Å². The number of fused-ring (bicyclic) bond motifs is 3. The van der Waals surface area contributed by atoms with Gasteiger partial charge in [0.25, 0.3) is 0 Å². The van der Waals surface area contributed by atoms with Crippen molar-refractivity contribution in [3.63, 3.8) is 0 Å². The molecule has 42 heavy (non-hydrogen) atoms. The maximum atomic E-state index is 14.9. The summed E-state index contributed by atoms with van der Waals surface area (Å²) >= 11 is 0. The lowest BCUT2D eigenvalue weighted by molar-refractivity contribution is -0.144. The average Bonchev–Trinajstić information content (AvgIpc) is 3.78. The second-order valence-electron chi connectivity index (χ2n) is 10.9. The Bertz CT molecular complexity index is 1570. The van der Waals surface area contributed by atoms with Crippen LogP contribution in [0.5, 0.6) is 11.5 Å². The van der Waals surface area contributed by atoms with Crippen molar-refractivity contribution in [1.29, 1.82) is 0 Å². The first-order valence-corrected chi connectivity index (χ1v) is 16.4. The normalized spacial score (nSPS) is 17.3. The molecule has 3 aromatic carbocycles. The number of carbonyl (C=O) groups excluding carboxylic acids is 1. The summed E-state index contributed by atoms with van der Waals surface area (Å²) in [4.78, 5) is 12.0. The van der Waals surface area contributed by atoms with E-state index in [1.807, 2.05) is 37.3 Å². The van der Waals surface area contributed by atoms with Crippen LogP contribution in [0.25, 0.3) is 11.1 Å². The molecule has 0 aromatic heterocycles. The highest BCUT2D eigenvalue weighted by atomic mass is 32.2. The maximum Gasteiger partial charge on any atom is 0.309 e. The smallest absolute Gasteiger partial charge is 0.309 e. The van der Waals surface area contributed by atoms with Crippen molar-refractivity contribution in [2.45, 2.75) is 52.5 Å². The second-order valence-corrected chi connectivity index (χ2v) is 13.4. The molecule has 1 aliphatic carbocycles. The van der Waals surface area contributed by atoms with Crippen LogP contribution in [0, 0.1) is 18.7 Å². The van der Waals surface area contributed by atoms with Crippen molar-refractivity contribution in [2.24, 2.45) is 5.92 Å². The predicted octanol–water partition coefficient (Wildman–Crippen LogP) is 6.22. The molecule has 1 saturated carbocycles. The van der Waals surface area contributed by atoms with Crippen LogP contribution >= 0.6 is 0 Å². The monoisotopic (exact) mass is 595 g/mol. The van der Waals surface area contributed by atoms with Gasteiger partial charge in [0.05, 0.1) is 31.5 Å². The Morgan fingerprint density at radius 1 is 1.12 bits per heavy atom. The van der Waals surface area contributed by atoms with E-state index in [-0.39, 0.29) is 35.1 Å². The van der Waals surface area contributed by atoms with E-state index in [9.17, 15) is 17.6 Å². The summed E-state index contributed by atoms with van der Waals surface area (Å²) in [6.45, 7) is 7.18. The van der Waals surface area contributed by atoms with Crippen LogP contribution in [0.2, 0.25) is 0 Å². The van der Waals surface area contributed by atoms with Crippen LogP contribution in [0.15, 0.2) is 48.5 Å². The van der Waals surface area contributed by atoms with Gasteiger partial charge < -0.3 is 19.5 Å². The molecule has 0 unspecified atom stereocenters. The lowest BCUT2D eigenvalue weighted by atomic mass is 9.92. The van der Waals surface area contributed by atoms with Crippen LogP contribution in [-0.2, 0) is 32.3 Å². The number of benzene rings is 3. The minimum Gasteiger partial charge on any atom is -0.494 e. The van der Waals surface area contributed by atoms with Crippen molar-refractivity contribution in [2.75, 3.05) is 36.6 Å². The largest absolute Gasteiger partial charge is 0.494 e. The molecule has 9 heteroatoms. The first-order valence-electron chi connectivity index (χ1n) is 14.6. The number of ether oxygens (including phenoxy) is 3. The number of carbonyl (C=O) groups is 1. The van der Waals surface area contributed by atoms with Gasteiger partial charge in [-0.2, -0.15) is 0 Å². The van der Waals surface area contributed by atoms with Crippen molar-refractivity contribution in [3.8, 4) is 22.6 Å². The SMILES string of the molecule is CCOC(=O)[C@H]1C[C@@H]1c1ccc(NCc2ccc3c(c2)-c2c(C)cc(OCCCS(=O)(=O)CC)cc2CCO3)cc1F. The second kappa shape index (κ2) is 12.7. The number of aryl methyl sites for hydroxylation is 1. The molecule has 0 spiro atoms. The third-order valence-electron chi connectivity index (χ3n) is 7.92. The summed E-state index contributed by atoms with van der Waals surface area (Å²) in [6, 6.07) is 15.2. The Hall–Kier alpha value is -3.59. The molecule has 224 valence electrons. The molecule has 1 heterocycles. The third kappa shape index (κ3) is 6.89. The zero-order valence-electron chi connectivity index (χ0n) is 24.4. The number of rotatable bonds is 12. The number of halogens is 1. The first kappa shape index (κ1) is 29.9. The molecule has 2 atom stereocenters. The van der Waals surface area contributed by atoms with Gasteiger partial charge in [-0.3, -0.25) is 4.79 Å². The first-order chi connectivity index (χ1) is 20.2. The molecule has 0 amide bonds. The van der Waals surface area contributed by atoms with Crippen molar-refractivity contribution in [3.05, 3.63) is 76.6 Å². The number of hydrogen-bond acceptors (Lipinski definition) is 7. The molecule has 5 rings (SSSR count). The van der Waals surface area contributed by atoms with Crippen molar-refractivity contribution < 1.29 is 31.8 Å². The predicted molar refractivity (Wildman–Crippen MR) is 161 cm³/mol. The Morgan fingerprint density at radius 3 is 2.71 bits per heavy atom. The number of nitrogens with one attached hydrogen (secondary N) is 1. The Labute approximate surface area is 247 Å². The van der Waals surface area contributed by atoms with Crippen molar-refractivity contribution >= 4 is 21.5 Å². The van der Waals surface area contributed by atoms with Gasteiger partial charge in [0.15, 0.2) is 0 Å². The van der Waals surface area contributed by atoms with Gasteiger partial charge >= 0.3 is 5.97 Å². The van der Waals surface area contributed by atoms with E-state index in [1.54, 1.807) is 19.9 Å². The van der Waals surface area contributed by atoms with E-state index in [0.717, 1.165) is 45.7 Å². The summed E-state index contributed by atoms with van der Waals surface area (Å²) in [6.07, 6.45) is 1.80. The number of esters is 1. The third-order valence-corrected chi connectivity index (χ3v) is 9.71. The van der Waals surface area contributed by atoms with Gasteiger partial charge in [-0.1, -0.05) is 19.1 Å². The van der Waals surface area contributed by atoms with Gasteiger partial charge in [-0.05, 0) is 90.9 Å². The van der Waals surface area contributed by atoms with Gasteiger partial charge in [0, 0.05) is 35.9 Å². The lowest BCUT2D eigenvalue weighted by Gasteiger charge is -2.16. The Balaban J connectivity index is 1.26. The molecule has 0 radical (unpaired) electrons. The summed E-state index contributed by atoms with van der Waals surface area (Å²) in [5.74, 6) is 0.872. The summed E-state index contributed by atoms with van der Waals surface area (Å²) in [5.41, 5.74) is 6.54. The zero-order valence-corrected chi connectivity index (χ0v) is 25.2. The standard InChI is InChI=1S/C33H38FNO6S/c1-4-39-33(36)28-19-27(28)26-9-8-24(18-30(26)34)35-20-22-7-10-31-29(16-22)32-21(3)15-25(17-23(32)11-13-41-31)40-12-6-14-42(37,38)5-2/h7-10,15-18,27-28,35H,4-6,11-14,19-20H2,1-3H3/t27-,28+/m1/s1. The van der Waals surface area contributed by atoms with Crippen LogP contribution in [-0.4, -0.2) is 45.7 Å². The average molecular weight is 596 g/mol. The maximum absolute atomic E-state index is 14.9. The van der Waals surface area contributed by atoms with E-state index in [4.69, 9.17) is 14.2 Å². The van der Waals surface area contributed by atoms with Gasteiger partial charge in [-0.15, -0.1) is 0 Å². The summed E-state index contributed by atoms with van der Waals surface area (Å²) in [7, 11) is -3.01. The molecule has 0 bridgehead atoms. The molecule has 3 aromatic rings. The number of hydrogen-bond donors (Lipinski definition) is 1. The van der Waals surface area contributed by atoms with Crippen LogP contribution in [0.4, 0.5) is 10.1 Å². The molecular formula is C33H38FNO6S. The highest BCUT2D eigenvalue weighted by Gasteiger charge is 2.46. The van der Waals surface area contributed by atoms with E-state index < -0.39 is 9.84 Å². The zero-order chi connectivity index (χ0) is 29.9. The van der Waals surface area contributed by atoms with Crippen LogP contribution in [0.1, 0.15) is 54.9 Å². The van der Waals surface area contributed by atoms with Crippen LogP contribution in [0.3, 0.4) is 0 Å². The molecular weight excluding hydrogens is 557 g/mol. The van der Waals surface area contributed by atoms with E-state index in [0.29, 0.717) is 50.5 Å². The summed E-state index contributed by atoms with van der Waals surface area (Å²) in [5, 5.41) is 3.32. The Morgan fingerprint density at radius 2 is 1.95 bits per heavy atom. The minimum atomic E-state index is -3.01. The highest BCUT2D eigenvalue weighted by molar-refractivity contribution is 7.91. The van der Waals surface area contributed by atoms with Crippen LogP contribution < -0.4 is 14.8 Å². The minimum absolute atomic E-state index is 0.117. The number of anilines is 1. The molecule has 1 N–H and O–H groups in total. The van der Waals surface area contributed by atoms with Crippen molar-refractivity contribution in [1.82, 2.24) is 0 Å². The van der Waals surface area contributed by atoms with E-state index >= 15 is 0 Å². The topological polar surface area (TPSA) is 90.9 Å². The fraction of sp³-hybridized carbons (Fsp3) is 0.424. The summed E-state index contributed by atoms with van der Waals surface area (Å²) < 4.78 is 55.5.